The molecule has 2 aromatic heterocycles. The summed E-state index contributed by atoms with van der Waals surface area (Å²) in [5.41, 5.74) is 4.31. The minimum Gasteiger partial charge on any atom is -0.490 e. The first-order valence-corrected chi connectivity index (χ1v) is 17.6. The Morgan fingerprint density at radius 1 is 1.02 bits per heavy atom. The number of ether oxygens (including phenoxy) is 2. The maximum atomic E-state index is 13.3. The second-order valence-electron chi connectivity index (χ2n) is 13.8. The Hall–Kier alpha value is -3.98. The van der Waals surface area contributed by atoms with Crippen molar-refractivity contribution in [3.05, 3.63) is 80.7 Å². The Morgan fingerprint density at radius 3 is 2.50 bits per heavy atom. The lowest BCUT2D eigenvalue weighted by molar-refractivity contribution is -0.118. The van der Waals surface area contributed by atoms with Crippen molar-refractivity contribution in [1.82, 2.24) is 9.66 Å². The van der Waals surface area contributed by atoms with Crippen LogP contribution in [0.4, 0.5) is 5.69 Å². The summed E-state index contributed by atoms with van der Waals surface area (Å²) >= 11 is 1.63. The molecule has 4 saturated carbocycles. The van der Waals surface area contributed by atoms with Gasteiger partial charge in [-0.05, 0) is 141 Å². The molecule has 4 fully saturated rings. The van der Waals surface area contributed by atoms with Gasteiger partial charge in [0.25, 0.3) is 11.5 Å². The second-order valence-corrected chi connectivity index (χ2v) is 14.9. The summed E-state index contributed by atoms with van der Waals surface area (Å²) in [6.45, 7) is 2.19. The number of nitrogens with one attached hydrogen (secondary N) is 1. The van der Waals surface area contributed by atoms with Crippen LogP contribution in [0.3, 0.4) is 0 Å². The maximum absolute atomic E-state index is 13.3. The Morgan fingerprint density at radius 2 is 1.76 bits per heavy atom. The zero-order valence-electron chi connectivity index (χ0n) is 26.3. The summed E-state index contributed by atoms with van der Waals surface area (Å²) in [6.07, 6.45) is 15.6. The predicted molar refractivity (Wildman–Crippen MR) is 182 cm³/mol. The van der Waals surface area contributed by atoms with E-state index in [4.69, 9.17) is 9.47 Å². The van der Waals surface area contributed by atoms with Crippen LogP contribution in [0.1, 0.15) is 79.9 Å². The molecule has 0 atom stereocenters. The summed E-state index contributed by atoms with van der Waals surface area (Å²) in [5.74, 6) is 3.45. The average molecular weight is 637 g/mol. The monoisotopic (exact) mass is 636 g/mol. The highest BCUT2D eigenvalue weighted by atomic mass is 32.1. The van der Waals surface area contributed by atoms with Crippen LogP contribution in [-0.2, 0) is 23.1 Å². The van der Waals surface area contributed by atoms with E-state index in [1.807, 2.05) is 25.1 Å². The molecule has 0 unspecified atom stereocenters. The molecule has 0 spiro atoms. The summed E-state index contributed by atoms with van der Waals surface area (Å²) in [5, 5.41) is 8.12. The third kappa shape index (κ3) is 5.52. The first kappa shape index (κ1) is 29.4. The number of thiophene rings is 1. The molecule has 9 rings (SSSR count). The average Bonchev–Trinajstić information content (AvgIpc) is 3.43. The van der Waals surface area contributed by atoms with Crippen LogP contribution in [0.5, 0.6) is 11.5 Å². The van der Waals surface area contributed by atoms with Gasteiger partial charge in [-0.2, -0.15) is 9.78 Å². The van der Waals surface area contributed by atoms with E-state index in [1.165, 1.54) is 60.0 Å². The molecule has 9 heteroatoms. The molecule has 0 saturated heterocycles. The van der Waals surface area contributed by atoms with Crippen molar-refractivity contribution in [2.75, 3.05) is 18.5 Å². The molecule has 2 aromatic carbocycles. The highest BCUT2D eigenvalue weighted by molar-refractivity contribution is 7.18. The molecule has 5 aliphatic rings. The van der Waals surface area contributed by atoms with Gasteiger partial charge in [-0.25, -0.2) is 4.98 Å². The van der Waals surface area contributed by atoms with Gasteiger partial charge in [0, 0.05) is 10.6 Å². The third-order valence-electron chi connectivity index (χ3n) is 10.6. The second kappa shape index (κ2) is 12.0. The summed E-state index contributed by atoms with van der Waals surface area (Å²) < 4.78 is 13.0. The molecule has 8 nitrogen and oxygen atoms in total. The minimum atomic E-state index is -0.228. The van der Waals surface area contributed by atoms with Crippen molar-refractivity contribution >= 4 is 39.4 Å². The number of carbonyl (C=O) groups is 1. The quantitative estimate of drug-likeness (QED) is 0.198. The van der Waals surface area contributed by atoms with Crippen LogP contribution in [0.25, 0.3) is 10.2 Å². The standard InChI is InChI=1S/C37H40N4O4S/c1-2-44-31-16-23(20-39-41-22-38-35-34(36(41)43)29-5-3-4-6-32(29)46-35)7-12-30(31)45-21-33(42)40-28-10-8-27(9-11-28)37-17-24-13-25(18-37)15-26(14-24)19-37/h7-12,16,20,22,24-26H,2-6,13-15,17-19,21H2,1H3,(H,40,42)/b39-20-. The highest BCUT2D eigenvalue weighted by Crippen LogP contribution is 2.60. The van der Waals surface area contributed by atoms with Gasteiger partial charge >= 0.3 is 0 Å². The summed E-state index contributed by atoms with van der Waals surface area (Å²) in [6, 6.07) is 13.9. The number of hydrogen-bond donors (Lipinski definition) is 1. The van der Waals surface area contributed by atoms with E-state index in [0.29, 0.717) is 28.9 Å². The SMILES string of the molecule is CCOc1cc(/C=N\n2cnc3sc4c(c3c2=O)CCCC4)ccc1OCC(=O)Nc1ccc(C23CC4CC(CC(C4)C2)C3)cc1. The van der Waals surface area contributed by atoms with Gasteiger partial charge in [0.2, 0.25) is 0 Å². The van der Waals surface area contributed by atoms with Crippen LogP contribution in [0.2, 0.25) is 0 Å². The lowest BCUT2D eigenvalue weighted by Crippen LogP contribution is -2.48. The van der Waals surface area contributed by atoms with Crippen molar-refractivity contribution in [3.63, 3.8) is 0 Å². The number of rotatable bonds is 9. The van der Waals surface area contributed by atoms with Crippen LogP contribution in [0, 0.1) is 17.8 Å². The molecule has 46 heavy (non-hydrogen) atoms. The van der Waals surface area contributed by atoms with Gasteiger partial charge in [0.05, 0.1) is 18.2 Å². The third-order valence-corrected chi connectivity index (χ3v) is 11.8. The van der Waals surface area contributed by atoms with Crippen molar-refractivity contribution in [3.8, 4) is 11.5 Å². The Kier molecular flexibility index (Phi) is 7.67. The van der Waals surface area contributed by atoms with Crippen molar-refractivity contribution in [2.45, 2.75) is 76.5 Å². The zero-order chi connectivity index (χ0) is 31.3. The van der Waals surface area contributed by atoms with Crippen molar-refractivity contribution in [2.24, 2.45) is 22.9 Å². The van der Waals surface area contributed by atoms with E-state index in [0.717, 1.165) is 65.1 Å². The molecular weight excluding hydrogens is 596 g/mol. The lowest BCUT2D eigenvalue weighted by Gasteiger charge is -2.57. The number of hydrogen-bond acceptors (Lipinski definition) is 7. The number of anilines is 1. The number of fused-ring (bicyclic) bond motifs is 3. The number of benzene rings is 2. The summed E-state index contributed by atoms with van der Waals surface area (Å²) in [7, 11) is 0. The molecule has 4 aromatic rings. The first-order valence-electron chi connectivity index (χ1n) is 16.8. The van der Waals surface area contributed by atoms with E-state index in [-0.39, 0.29) is 18.1 Å². The summed E-state index contributed by atoms with van der Waals surface area (Å²) in [4.78, 5) is 32.7. The van der Waals surface area contributed by atoms with Crippen molar-refractivity contribution in [1.29, 1.82) is 0 Å². The zero-order valence-corrected chi connectivity index (χ0v) is 27.1. The molecule has 1 N–H and O–H groups in total. The molecule has 5 aliphatic carbocycles. The van der Waals surface area contributed by atoms with Gasteiger partial charge in [-0.3, -0.25) is 9.59 Å². The van der Waals surface area contributed by atoms with Crippen LogP contribution in [0.15, 0.2) is 58.7 Å². The highest BCUT2D eigenvalue weighted by Gasteiger charge is 2.51. The van der Waals surface area contributed by atoms with Gasteiger partial charge in [-0.15, -0.1) is 11.3 Å². The lowest BCUT2D eigenvalue weighted by atomic mass is 9.48. The molecule has 4 bridgehead atoms. The van der Waals surface area contributed by atoms with Crippen LogP contribution < -0.4 is 20.3 Å². The van der Waals surface area contributed by atoms with E-state index in [1.54, 1.807) is 29.7 Å². The van der Waals surface area contributed by atoms with Crippen molar-refractivity contribution < 1.29 is 14.3 Å². The first-order chi connectivity index (χ1) is 22.5. The fraction of sp³-hybridized carbons (Fsp3) is 0.459. The number of aryl methyl sites for hydroxylation is 2. The van der Waals surface area contributed by atoms with E-state index in [2.05, 4.69) is 27.5 Å². The van der Waals surface area contributed by atoms with Gasteiger partial charge in [0.15, 0.2) is 18.1 Å². The predicted octanol–water partition coefficient (Wildman–Crippen LogP) is 7.10. The topological polar surface area (TPSA) is 94.8 Å². The van der Waals surface area contributed by atoms with Gasteiger partial charge < -0.3 is 14.8 Å². The number of nitrogens with zero attached hydrogens (tertiary/aromatic N) is 3. The number of carbonyl (C=O) groups excluding carboxylic acids is 1. The molecule has 0 aliphatic heterocycles. The smallest absolute Gasteiger partial charge is 0.282 e. The van der Waals surface area contributed by atoms with Crippen LogP contribution >= 0.6 is 11.3 Å². The fourth-order valence-electron chi connectivity index (χ4n) is 9.05. The molecule has 238 valence electrons. The number of aromatic nitrogens is 2. The molecule has 1 amide bonds. The normalized spacial score (nSPS) is 24.8. The largest absolute Gasteiger partial charge is 0.490 e. The van der Waals surface area contributed by atoms with Gasteiger partial charge in [-0.1, -0.05) is 12.1 Å². The van der Waals surface area contributed by atoms with E-state index >= 15 is 0 Å². The fourth-order valence-corrected chi connectivity index (χ4v) is 10.3. The molecular formula is C37H40N4O4S. The molecule has 2 heterocycles. The van der Waals surface area contributed by atoms with Gasteiger partial charge in [0.1, 0.15) is 11.2 Å². The molecule has 0 radical (unpaired) electrons. The minimum absolute atomic E-state index is 0.140. The van der Waals surface area contributed by atoms with E-state index < -0.39 is 0 Å². The van der Waals surface area contributed by atoms with Crippen LogP contribution in [-0.4, -0.2) is 35.0 Å². The van der Waals surface area contributed by atoms with E-state index in [9.17, 15) is 9.59 Å². The maximum Gasteiger partial charge on any atom is 0.282 e. The number of amides is 1. The Balaban J connectivity index is 0.917. The Bertz CT molecular complexity index is 1840. The Labute approximate surface area is 272 Å².